The molecule has 1 atom stereocenters. The fourth-order valence-electron chi connectivity index (χ4n) is 3.63. The normalized spacial score (nSPS) is 18.7. The molecular weight excluding hydrogens is 387 g/mol. The maximum absolute atomic E-state index is 12.6. The Bertz CT molecular complexity index is 892. The van der Waals surface area contributed by atoms with Crippen LogP contribution in [0.15, 0.2) is 36.7 Å². The molecule has 1 unspecified atom stereocenters. The fourth-order valence-corrected chi connectivity index (χ4v) is 3.63. The van der Waals surface area contributed by atoms with E-state index < -0.39 is 6.36 Å². The molecular formula is C20H20F3N3O3. The van der Waals surface area contributed by atoms with E-state index in [0.29, 0.717) is 43.1 Å². The van der Waals surface area contributed by atoms with Gasteiger partial charge in [0.05, 0.1) is 24.3 Å². The minimum Gasteiger partial charge on any atom is -0.406 e. The van der Waals surface area contributed by atoms with Crippen molar-refractivity contribution in [2.45, 2.75) is 37.6 Å². The number of aromatic nitrogens is 2. The number of likely N-dealkylation sites (tertiary alicyclic amines) is 1. The van der Waals surface area contributed by atoms with Gasteiger partial charge in [0.2, 0.25) is 0 Å². The Morgan fingerprint density at radius 1 is 1.31 bits per heavy atom. The zero-order valence-electron chi connectivity index (χ0n) is 15.8. The van der Waals surface area contributed by atoms with Crippen LogP contribution in [-0.4, -0.2) is 52.4 Å². The number of rotatable bonds is 5. The standard InChI is InChI=1S/C20H20F3N3O3/c1-13(14-3-2-4-16(8-14)29-20(21,22)23)7-17-24-9-15(10-25-17)18(27)26-6-5-19(26)11-28-12-19/h2-4,8-10,13H,5-7,11-12H2,1H3. The highest BCUT2D eigenvalue weighted by Gasteiger charge is 2.53. The number of benzene rings is 1. The summed E-state index contributed by atoms with van der Waals surface area (Å²) in [6, 6.07) is 5.87. The first-order chi connectivity index (χ1) is 13.8. The lowest BCUT2D eigenvalue weighted by Crippen LogP contribution is -2.72. The van der Waals surface area contributed by atoms with Gasteiger partial charge in [-0.1, -0.05) is 19.1 Å². The molecule has 4 rings (SSSR count). The molecule has 0 bridgehead atoms. The fraction of sp³-hybridized carbons (Fsp3) is 0.450. The van der Waals surface area contributed by atoms with Crippen LogP contribution in [0.3, 0.4) is 0 Å². The second-order valence-corrected chi connectivity index (χ2v) is 7.54. The van der Waals surface area contributed by atoms with Crippen LogP contribution in [0, 0.1) is 0 Å². The van der Waals surface area contributed by atoms with Gasteiger partial charge in [0, 0.05) is 25.4 Å². The highest BCUT2D eigenvalue weighted by molar-refractivity contribution is 5.94. The monoisotopic (exact) mass is 407 g/mol. The minimum absolute atomic E-state index is 0.101. The Morgan fingerprint density at radius 2 is 2.03 bits per heavy atom. The topological polar surface area (TPSA) is 64.6 Å². The van der Waals surface area contributed by atoms with E-state index in [1.807, 2.05) is 11.8 Å². The van der Waals surface area contributed by atoms with Crippen molar-refractivity contribution in [3.05, 3.63) is 53.6 Å². The average Bonchev–Trinajstić information content (AvgIpc) is 2.59. The van der Waals surface area contributed by atoms with Crippen LogP contribution in [0.2, 0.25) is 0 Å². The van der Waals surface area contributed by atoms with Crippen molar-refractivity contribution < 1.29 is 27.4 Å². The molecule has 6 nitrogen and oxygen atoms in total. The van der Waals surface area contributed by atoms with E-state index in [1.54, 1.807) is 6.07 Å². The van der Waals surface area contributed by atoms with Crippen LogP contribution >= 0.6 is 0 Å². The number of alkyl halides is 3. The molecule has 2 aliphatic heterocycles. The van der Waals surface area contributed by atoms with Gasteiger partial charge in [0.15, 0.2) is 0 Å². The minimum atomic E-state index is -4.73. The maximum Gasteiger partial charge on any atom is 0.573 e. The third kappa shape index (κ3) is 4.05. The summed E-state index contributed by atoms with van der Waals surface area (Å²) < 4.78 is 46.4. The molecule has 0 saturated carbocycles. The molecule has 0 N–H and O–H groups in total. The Hall–Kier alpha value is -2.68. The third-order valence-electron chi connectivity index (χ3n) is 5.46. The molecule has 2 fully saturated rings. The van der Waals surface area contributed by atoms with Crippen LogP contribution in [0.1, 0.15) is 41.0 Å². The summed E-state index contributed by atoms with van der Waals surface area (Å²) >= 11 is 0. The molecule has 3 heterocycles. The second kappa shape index (κ2) is 7.29. The molecule has 0 radical (unpaired) electrons. The Balaban J connectivity index is 1.40. The molecule has 1 aromatic carbocycles. The van der Waals surface area contributed by atoms with E-state index in [2.05, 4.69) is 14.7 Å². The predicted molar refractivity (Wildman–Crippen MR) is 96.5 cm³/mol. The summed E-state index contributed by atoms with van der Waals surface area (Å²) in [7, 11) is 0. The molecule has 1 aromatic heterocycles. The molecule has 1 amide bonds. The van der Waals surface area contributed by atoms with Crippen LogP contribution in [0.5, 0.6) is 5.75 Å². The average molecular weight is 407 g/mol. The molecule has 2 aromatic rings. The van der Waals surface area contributed by atoms with E-state index in [4.69, 9.17) is 4.74 Å². The van der Waals surface area contributed by atoms with Crippen LogP contribution in [0.25, 0.3) is 0 Å². The summed E-state index contributed by atoms with van der Waals surface area (Å²) in [6.45, 7) is 3.73. The summed E-state index contributed by atoms with van der Waals surface area (Å²) in [4.78, 5) is 23.0. The van der Waals surface area contributed by atoms with Crippen molar-refractivity contribution in [2.24, 2.45) is 0 Å². The number of amides is 1. The Morgan fingerprint density at radius 3 is 2.59 bits per heavy atom. The van der Waals surface area contributed by atoms with E-state index in [-0.39, 0.29) is 23.1 Å². The van der Waals surface area contributed by atoms with Crippen molar-refractivity contribution >= 4 is 5.91 Å². The van der Waals surface area contributed by atoms with Gasteiger partial charge in [-0.2, -0.15) is 0 Å². The zero-order valence-corrected chi connectivity index (χ0v) is 15.8. The first-order valence-electron chi connectivity index (χ1n) is 9.32. The summed E-state index contributed by atoms with van der Waals surface area (Å²) in [5.74, 6) is 0.0314. The highest BCUT2D eigenvalue weighted by atomic mass is 19.4. The van der Waals surface area contributed by atoms with Crippen molar-refractivity contribution in [1.29, 1.82) is 0 Å². The smallest absolute Gasteiger partial charge is 0.406 e. The number of hydrogen-bond acceptors (Lipinski definition) is 5. The first kappa shape index (κ1) is 19.6. The number of carbonyl (C=O) groups is 1. The van der Waals surface area contributed by atoms with Crippen molar-refractivity contribution in [3.8, 4) is 5.75 Å². The number of nitrogens with zero attached hydrogens (tertiary/aromatic N) is 3. The molecule has 154 valence electrons. The van der Waals surface area contributed by atoms with Gasteiger partial charge in [-0.3, -0.25) is 4.79 Å². The second-order valence-electron chi connectivity index (χ2n) is 7.54. The van der Waals surface area contributed by atoms with E-state index >= 15 is 0 Å². The lowest BCUT2D eigenvalue weighted by molar-refractivity contribution is -0.274. The van der Waals surface area contributed by atoms with Gasteiger partial charge in [-0.05, 0) is 30.0 Å². The predicted octanol–water partition coefficient (Wildman–Crippen LogP) is 3.34. The summed E-state index contributed by atoms with van der Waals surface area (Å²) in [5, 5.41) is 0. The van der Waals surface area contributed by atoms with Gasteiger partial charge < -0.3 is 14.4 Å². The molecule has 9 heteroatoms. The highest BCUT2D eigenvalue weighted by Crippen LogP contribution is 2.38. The van der Waals surface area contributed by atoms with Gasteiger partial charge in [-0.15, -0.1) is 13.2 Å². The SMILES string of the molecule is CC(Cc1ncc(C(=O)N2CCC23COC3)cn1)c1cccc(OC(F)(F)F)c1. The van der Waals surface area contributed by atoms with Crippen molar-refractivity contribution in [2.75, 3.05) is 19.8 Å². The largest absolute Gasteiger partial charge is 0.573 e. The Labute approximate surface area is 165 Å². The number of carbonyl (C=O) groups excluding carboxylic acids is 1. The molecule has 2 saturated heterocycles. The molecule has 1 spiro atoms. The number of ether oxygens (including phenoxy) is 2. The van der Waals surface area contributed by atoms with Gasteiger partial charge in [0.1, 0.15) is 11.6 Å². The third-order valence-corrected chi connectivity index (χ3v) is 5.46. The van der Waals surface area contributed by atoms with E-state index in [0.717, 1.165) is 6.42 Å². The van der Waals surface area contributed by atoms with Crippen molar-refractivity contribution in [1.82, 2.24) is 14.9 Å². The number of halogens is 3. The van der Waals surface area contributed by atoms with Crippen molar-refractivity contribution in [3.63, 3.8) is 0 Å². The Kier molecular flexibility index (Phi) is 4.94. The molecule has 2 aliphatic rings. The van der Waals surface area contributed by atoms with Gasteiger partial charge in [0.25, 0.3) is 5.91 Å². The maximum atomic E-state index is 12.6. The summed E-state index contributed by atoms with van der Waals surface area (Å²) in [5.41, 5.74) is 0.962. The van der Waals surface area contributed by atoms with Crippen LogP contribution < -0.4 is 4.74 Å². The summed E-state index contributed by atoms with van der Waals surface area (Å²) in [6.07, 6.45) is -0.343. The molecule has 0 aliphatic carbocycles. The van der Waals surface area contributed by atoms with Gasteiger partial charge in [-0.25, -0.2) is 9.97 Å². The van der Waals surface area contributed by atoms with E-state index in [9.17, 15) is 18.0 Å². The lowest BCUT2D eigenvalue weighted by atomic mass is 9.82. The van der Waals surface area contributed by atoms with Gasteiger partial charge >= 0.3 is 6.36 Å². The van der Waals surface area contributed by atoms with Crippen LogP contribution in [-0.2, 0) is 11.2 Å². The molecule has 29 heavy (non-hydrogen) atoms. The lowest BCUT2D eigenvalue weighted by Gasteiger charge is -2.57. The number of hydrogen-bond donors (Lipinski definition) is 0. The van der Waals surface area contributed by atoms with Crippen LogP contribution in [0.4, 0.5) is 13.2 Å². The first-order valence-corrected chi connectivity index (χ1v) is 9.32. The quantitative estimate of drug-likeness (QED) is 0.761. The van der Waals surface area contributed by atoms with E-state index in [1.165, 1.54) is 30.6 Å². The zero-order chi connectivity index (χ0) is 20.6.